The zero-order chi connectivity index (χ0) is 42.8. The predicted octanol–water partition coefficient (Wildman–Crippen LogP) is -4.83. The SMILES string of the molecule is N[C@@H]1CCCC[C@H]1N.Nc1nc2c(c(=O)[nH]1)N(C=O)[C@@H](CNc1ccc(C(=O)N[C@@H](CCC(=O)O)C(=O)O)cc1)CN2.O=C([O-])C(=O)[O-].O=c1[nH]cc(F)c(=O)[nH]1.[Pt+2]. The van der Waals surface area contributed by atoms with Crippen molar-refractivity contribution in [2.24, 2.45) is 11.5 Å². The summed E-state index contributed by atoms with van der Waals surface area (Å²) in [5.41, 5.74) is 15.4. The van der Waals surface area contributed by atoms with E-state index in [0.717, 1.165) is 12.8 Å². The fraction of sp³-hybridized carbons (Fsp3) is 0.375. The van der Waals surface area contributed by atoms with E-state index in [0.29, 0.717) is 24.8 Å². The fourth-order valence-corrected chi connectivity index (χ4v) is 4.98. The first-order valence-corrected chi connectivity index (χ1v) is 16.7. The van der Waals surface area contributed by atoms with Crippen LogP contribution in [0.4, 0.5) is 27.5 Å². The van der Waals surface area contributed by atoms with Crippen LogP contribution in [0.1, 0.15) is 48.9 Å². The standard InChI is InChI=1S/C20H23N7O7.C6H14N2.C4H3FN2O2.C2H2O4.Pt/c21-20-25-16-15(18(32)26-20)27(9-28)12(8-23-16)7-22-11-3-1-10(2-4-11)17(31)24-13(19(33)34)5-6-14(29)30;7-5-3-1-2-4-6(5)8;5-2-1-6-4(9)7-3(2)8;3-1(4)2(5)6;/h1-4,9,12-13,22H,5-8H2,(H,24,31)(H,29,30)(H,33,34)(H4,21,23,25,26,32);5-6H,1-4,7-8H2;1H,(H2,6,7,8,9);(H,3,4)(H,5,6);/q;;;;+2/p-2/t12-,13-;5-,6-;;;/m01.../s1. The zero-order valence-electron chi connectivity index (χ0n) is 30.1. The number of anilines is 4. The molecule has 5 rings (SSSR count). The molecule has 2 aliphatic rings. The second kappa shape index (κ2) is 24.2. The molecule has 24 nitrogen and oxygen atoms in total. The van der Waals surface area contributed by atoms with Crippen molar-refractivity contribution in [3.63, 3.8) is 0 Å². The van der Waals surface area contributed by atoms with Gasteiger partial charge in [-0.15, -0.1) is 0 Å². The first-order valence-electron chi connectivity index (χ1n) is 16.7. The first kappa shape index (κ1) is 49.6. The topological polar surface area (TPSA) is 418 Å². The Morgan fingerprint density at radius 2 is 1.57 bits per heavy atom. The summed E-state index contributed by atoms with van der Waals surface area (Å²) in [6.07, 6.45) is 5.41. The van der Waals surface area contributed by atoms with Gasteiger partial charge >= 0.3 is 38.7 Å². The van der Waals surface area contributed by atoms with E-state index in [4.69, 9.17) is 42.1 Å². The maximum atomic E-state index is 12.3. The van der Waals surface area contributed by atoms with E-state index in [1.165, 1.54) is 29.9 Å². The molecule has 0 spiro atoms. The molecule has 2 aromatic heterocycles. The summed E-state index contributed by atoms with van der Waals surface area (Å²) in [7, 11) is 0. The number of carboxylic acid groups (broad SMARTS) is 4. The molecule has 26 heteroatoms. The molecular formula is C32H40FN11O13Pt. The molecule has 1 fully saturated rings. The number of aliphatic carboxylic acids is 4. The van der Waals surface area contributed by atoms with Gasteiger partial charge in [-0.1, -0.05) is 12.8 Å². The maximum absolute atomic E-state index is 12.3. The average molecular weight is 1000 g/mol. The molecule has 1 aliphatic carbocycles. The van der Waals surface area contributed by atoms with Crippen LogP contribution in [0.2, 0.25) is 0 Å². The number of benzene rings is 1. The van der Waals surface area contributed by atoms with E-state index in [2.05, 4.69) is 25.9 Å². The number of rotatable bonds is 10. The Labute approximate surface area is 340 Å². The molecule has 1 saturated carbocycles. The number of nitrogens with one attached hydrogen (secondary N) is 6. The van der Waals surface area contributed by atoms with Crippen LogP contribution in [0.3, 0.4) is 0 Å². The number of nitrogens with two attached hydrogens (primary N) is 3. The minimum absolute atomic E-state index is 0. The number of aromatic amines is 3. The number of halogens is 1. The number of hydrogen-bond acceptors (Lipinski definition) is 17. The molecule has 0 radical (unpaired) electrons. The van der Waals surface area contributed by atoms with Gasteiger partial charge < -0.3 is 73.1 Å². The third-order valence-corrected chi connectivity index (χ3v) is 7.94. The van der Waals surface area contributed by atoms with Crippen molar-refractivity contribution >= 4 is 59.3 Å². The molecule has 1 aromatic carbocycles. The van der Waals surface area contributed by atoms with Gasteiger partial charge in [0.15, 0.2) is 11.5 Å². The van der Waals surface area contributed by atoms with Gasteiger partial charge in [-0.2, -0.15) is 9.37 Å². The van der Waals surface area contributed by atoms with Crippen molar-refractivity contribution in [2.75, 3.05) is 34.4 Å². The summed E-state index contributed by atoms with van der Waals surface area (Å²) in [4.78, 5) is 108. The molecule has 0 unspecified atom stereocenters. The van der Waals surface area contributed by atoms with Gasteiger partial charge in [0.2, 0.25) is 18.2 Å². The van der Waals surface area contributed by atoms with Gasteiger partial charge in [0.05, 0.1) is 18.0 Å². The van der Waals surface area contributed by atoms with E-state index in [9.17, 15) is 43.1 Å². The molecule has 4 atom stereocenters. The van der Waals surface area contributed by atoms with Gasteiger partial charge in [-0.25, -0.2) is 9.59 Å². The number of H-pyrrole nitrogens is 3. The van der Waals surface area contributed by atoms with Crippen molar-refractivity contribution in [3.05, 3.63) is 73.0 Å². The largest absolute Gasteiger partial charge is 2.00 e. The maximum Gasteiger partial charge on any atom is 2.00 e. The summed E-state index contributed by atoms with van der Waals surface area (Å²) in [5.74, 6) is -8.37. The number of carbonyl (C=O) groups is 6. The Hall–Kier alpha value is -6.46. The van der Waals surface area contributed by atoms with E-state index in [-0.39, 0.29) is 69.1 Å². The molecule has 58 heavy (non-hydrogen) atoms. The van der Waals surface area contributed by atoms with Crippen LogP contribution < -0.4 is 65.1 Å². The molecule has 1 aliphatic heterocycles. The van der Waals surface area contributed by atoms with Gasteiger partial charge in [-0.3, -0.25) is 33.9 Å². The molecular weight excluding hydrogens is 960 g/mol. The molecule has 2 amide bonds. The van der Waals surface area contributed by atoms with Crippen molar-refractivity contribution < 1.29 is 74.6 Å². The summed E-state index contributed by atoms with van der Waals surface area (Å²) < 4.78 is 12.0. The number of carbonyl (C=O) groups excluding carboxylic acids is 4. The molecule has 0 bridgehead atoms. The number of amides is 2. The summed E-state index contributed by atoms with van der Waals surface area (Å²) in [5, 5.41) is 44.1. The van der Waals surface area contributed by atoms with E-state index in [1.54, 1.807) is 17.1 Å². The van der Waals surface area contributed by atoms with Crippen molar-refractivity contribution in [1.82, 2.24) is 25.3 Å². The smallest absolute Gasteiger partial charge is 0.543 e. The van der Waals surface area contributed by atoms with Gasteiger partial charge in [-0.05, 0) is 43.5 Å². The van der Waals surface area contributed by atoms with Gasteiger partial charge in [0.1, 0.15) is 6.04 Å². The molecule has 3 heterocycles. The van der Waals surface area contributed by atoms with Crippen LogP contribution >= 0.6 is 0 Å². The Morgan fingerprint density at radius 1 is 0.983 bits per heavy atom. The fourth-order valence-electron chi connectivity index (χ4n) is 4.98. The van der Waals surface area contributed by atoms with Crippen LogP contribution in [0, 0.1) is 5.82 Å². The van der Waals surface area contributed by atoms with E-state index < -0.39 is 70.9 Å². The van der Waals surface area contributed by atoms with E-state index >= 15 is 0 Å². The number of nitrogens with zero attached hydrogens (tertiary/aromatic N) is 2. The van der Waals surface area contributed by atoms with E-state index in [1.807, 2.05) is 4.98 Å². The quantitative estimate of drug-likeness (QED) is 0.0670. The molecule has 0 saturated heterocycles. The second-order valence-electron chi connectivity index (χ2n) is 12.1. The monoisotopic (exact) mass is 1000 g/mol. The Morgan fingerprint density at radius 3 is 2.03 bits per heavy atom. The molecule has 318 valence electrons. The zero-order valence-corrected chi connectivity index (χ0v) is 32.4. The molecule has 14 N–H and O–H groups in total. The van der Waals surface area contributed by atoms with Crippen molar-refractivity contribution in [2.45, 2.75) is 62.7 Å². The third kappa shape index (κ3) is 16.3. The van der Waals surface area contributed by atoms with Crippen LogP contribution in [-0.2, 0) is 45.0 Å². The van der Waals surface area contributed by atoms with Gasteiger partial charge in [0.25, 0.3) is 17.0 Å². The summed E-state index contributed by atoms with van der Waals surface area (Å²) in [6.45, 7) is 0.568. The van der Waals surface area contributed by atoms with Crippen molar-refractivity contribution in [3.8, 4) is 0 Å². The minimum atomic E-state index is -2.19. The number of nitrogen functional groups attached to an aromatic ring is 1. The number of hydrogen-bond donors (Lipinski definition) is 11. The molecule has 3 aromatic rings. The minimum Gasteiger partial charge on any atom is -0.543 e. The summed E-state index contributed by atoms with van der Waals surface area (Å²) >= 11 is 0. The third-order valence-electron chi connectivity index (χ3n) is 7.94. The Balaban J connectivity index is 0.000000563. The van der Waals surface area contributed by atoms with Crippen molar-refractivity contribution in [1.29, 1.82) is 0 Å². The van der Waals surface area contributed by atoms with Crippen LogP contribution in [0.15, 0.2) is 44.8 Å². The number of fused-ring (bicyclic) bond motifs is 1. The first-order chi connectivity index (χ1) is 26.8. The normalized spacial score (nSPS) is 16.7. The van der Waals surface area contributed by atoms with Crippen LogP contribution in [-0.4, -0.2) is 104 Å². The number of carboxylic acids is 4. The Bertz CT molecular complexity index is 2040. The second-order valence-corrected chi connectivity index (χ2v) is 12.1. The predicted molar refractivity (Wildman–Crippen MR) is 193 cm³/mol. The van der Waals surface area contributed by atoms with Gasteiger partial charge in [0, 0.05) is 49.0 Å². The summed E-state index contributed by atoms with van der Waals surface area (Å²) in [6, 6.07) is 4.93. The average Bonchev–Trinajstić information content (AvgIpc) is 3.15. The van der Waals surface area contributed by atoms with Crippen LogP contribution in [0.25, 0.3) is 0 Å². The van der Waals surface area contributed by atoms with Crippen LogP contribution in [0.5, 0.6) is 0 Å². The Kier molecular flexibility index (Phi) is 20.7. The number of aromatic nitrogens is 4.